The Hall–Kier alpha value is -2.90. The van der Waals surface area contributed by atoms with Gasteiger partial charge >= 0.3 is 6.09 Å². The minimum Gasteiger partial charge on any atom is -0.465 e. The Labute approximate surface area is 196 Å². The number of benzene rings is 2. The Balaban J connectivity index is 1.94. The van der Waals surface area contributed by atoms with E-state index >= 15 is 0 Å². The highest BCUT2D eigenvalue weighted by Gasteiger charge is 2.52. The maximum Gasteiger partial charge on any atom is 0.410 e. The first kappa shape index (κ1) is 24.7. The first-order valence-corrected chi connectivity index (χ1v) is 11.6. The van der Waals surface area contributed by atoms with E-state index < -0.39 is 17.7 Å². The van der Waals surface area contributed by atoms with Crippen LogP contribution in [0.2, 0.25) is 0 Å². The number of carbonyl (C=O) groups is 2. The van der Waals surface area contributed by atoms with Crippen LogP contribution in [0, 0.1) is 0 Å². The van der Waals surface area contributed by atoms with Crippen LogP contribution in [0.3, 0.4) is 0 Å². The zero-order chi connectivity index (χ0) is 24.0. The van der Waals surface area contributed by atoms with E-state index in [0.717, 1.165) is 16.0 Å². The van der Waals surface area contributed by atoms with Gasteiger partial charge < -0.3 is 15.2 Å². The summed E-state index contributed by atoms with van der Waals surface area (Å²) in [6.07, 6.45) is -0.653. The molecule has 2 N–H and O–H groups in total. The quantitative estimate of drug-likeness (QED) is 0.603. The highest BCUT2D eigenvalue weighted by atomic mass is 16.5. The predicted molar refractivity (Wildman–Crippen MR) is 128 cm³/mol. The number of hydrogen-bond acceptors (Lipinski definition) is 4. The molecule has 0 aromatic heterocycles. The predicted octanol–water partition coefficient (Wildman–Crippen LogP) is 3.83. The lowest BCUT2D eigenvalue weighted by Gasteiger charge is -2.44. The maximum atomic E-state index is 13.8. The second kappa shape index (κ2) is 10.8. The van der Waals surface area contributed by atoms with E-state index in [4.69, 9.17) is 4.74 Å². The number of amides is 2. The van der Waals surface area contributed by atoms with Crippen molar-refractivity contribution in [2.24, 2.45) is 0 Å². The van der Waals surface area contributed by atoms with Crippen molar-refractivity contribution in [2.75, 3.05) is 19.6 Å². The van der Waals surface area contributed by atoms with Gasteiger partial charge in [-0.25, -0.2) is 4.79 Å². The van der Waals surface area contributed by atoms with Crippen molar-refractivity contribution >= 4 is 12.0 Å². The van der Waals surface area contributed by atoms with Crippen molar-refractivity contribution in [3.63, 3.8) is 0 Å². The standard InChI is InChI=1S/C26H35N3O4/c1-19(2)28(20(3)4)17-15-27-24(30)26(33-18-21-10-6-5-7-11-21)23-13-9-8-12-22(23)14-16-29(26)25(31)32/h5-13,19-20H,14-18H2,1-4H3,(H,27,30)(H,31,32). The number of hydrogen-bond donors (Lipinski definition) is 2. The molecule has 1 atom stereocenters. The van der Waals surface area contributed by atoms with Crippen molar-refractivity contribution in [2.45, 2.75) is 58.5 Å². The van der Waals surface area contributed by atoms with Gasteiger partial charge in [-0.15, -0.1) is 0 Å². The van der Waals surface area contributed by atoms with Crippen molar-refractivity contribution < 1.29 is 19.4 Å². The third-order valence-electron chi connectivity index (χ3n) is 6.18. The lowest BCUT2D eigenvalue weighted by atomic mass is 9.88. The van der Waals surface area contributed by atoms with Crippen molar-refractivity contribution in [1.29, 1.82) is 0 Å². The van der Waals surface area contributed by atoms with E-state index in [1.807, 2.05) is 48.5 Å². The summed E-state index contributed by atoms with van der Waals surface area (Å²) < 4.78 is 6.29. The van der Waals surface area contributed by atoms with Crippen LogP contribution in [0.25, 0.3) is 0 Å². The molecule has 2 aromatic carbocycles. The largest absolute Gasteiger partial charge is 0.465 e. The fourth-order valence-corrected chi connectivity index (χ4v) is 4.59. The first-order valence-electron chi connectivity index (χ1n) is 11.6. The molecule has 0 radical (unpaired) electrons. The number of fused-ring (bicyclic) bond motifs is 1. The number of nitrogens with one attached hydrogen (secondary N) is 1. The molecule has 7 heteroatoms. The smallest absolute Gasteiger partial charge is 0.410 e. The van der Waals surface area contributed by atoms with Crippen LogP contribution in [0.15, 0.2) is 54.6 Å². The van der Waals surface area contributed by atoms with Crippen LogP contribution in [0.1, 0.15) is 44.4 Å². The van der Waals surface area contributed by atoms with Crippen LogP contribution in [0.4, 0.5) is 4.79 Å². The number of nitrogens with zero attached hydrogens (tertiary/aromatic N) is 2. The Bertz CT molecular complexity index is 940. The molecule has 2 aromatic rings. The second-order valence-electron chi connectivity index (χ2n) is 8.94. The maximum absolute atomic E-state index is 13.8. The van der Waals surface area contributed by atoms with Gasteiger partial charge in [0.25, 0.3) is 11.6 Å². The van der Waals surface area contributed by atoms with Gasteiger partial charge in [0.1, 0.15) is 0 Å². The van der Waals surface area contributed by atoms with Crippen molar-refractivity contribution in [3.05, 3.63) is 71.3 Å². The molecule has 178 valence electrons. The summed E-state index contributed by atoms with van der Waals surface area (Å²) >= 11 is 0. The summed E-state index contributed by atoms with van der Waals surface area (Å²) in [5.74, 6) is -0.458. The molecule has 2 amide bonds. The minimum absolute atomic E-state index is 0.108. The van der Waals surface area contributed by atoms with Crippen LogP contribution in [-0.2, 0) is 28.3 Å². The minimum atomic E-state index is -1.75. The monoisotopic (exact) mass is 453 g/mol. The Morgan fingerprint density at radius 1 is 1.06 bits per heavy atom. The number of ether oxygens (including phenoxy) is 1. The summed E-state index contributed by atoms with van der Waals surface area (Å²) in [7, 11) is 0. The average Bonchev–Trinajstić information content (AvgIpc) is 2.79. The molecule has 1 unspecified atom stereocenters. The van der Waals surface area contributed by atoms with Gasteiger partial charge in [-0.3, -0.25) is 14.6 Å². The molecule has 1 aliphatic rings. The Kier molecular flexibility index (Phi) is 8.10. The molecular weight excluding hydrogens is 418 g/mol. The van der Waals surface area contributed by atoms with Gasteiger partial charge in [-0.05, 0) is 45.2 Å². The van der Waals surface area contributed by atoms with Crippen LogP contribution < -0.4 is 5.32 Å². The fourth-order valence-electron chi connectivity index (χ4n) is 4.59. The molecule has 0 fully saturated rings. The first-order chi connectivity index (χ1) is 15.8. The summed E-state index contributed by atoms with van der Waals surface area (Å²) in [5, 5.41) is 13.0. The molecule has 1 heterocycles. The third kappa shape index (κ3) is 5.37. The topological polar surface area (TPSA) is 82.1 Å². The molecule has 1 aliphatic heterocycles. The van der Waals surface area contributed by atoms with Crippen molar-refractivity contribution in [3.8, 4) is 0 Å². The fraction of sp³-hybridized carbons (Fsp3) is 0.462. The van der Waals surface area contributed by atoms with Gasteiger partial charge in [-0.2, -0.15) is 0 Å². The molecular formula is C26H35N3O4. The van der Waals surface area contributed by atoms with Crippen LogP contribution >= 0.6 is 0 Å². The van der Waals surface area contributed by atoms with E-state index in [0.29, 0.717) is 37.2 Å². The van der Waals surface area contributed by atoms with Crippen LogP contribution in [0.5, 0.6) is 0 Å². The van der Waals surface area contributed by atoms with Gasteiger partial charge in [0.15, 0.2) is 0 Å². The molecule has 3 rings (SSSR count). The second-order valence-corrected chi connectivity index (χ2v) is 8.94. The molecule has 7 nitrogen and oxygen atoms in total. The average molecular weight is 454 g/mol. The summed E-state index contributed by atoms with van der Waals surface area (Å²) in [5.41, 5.74) is 0.613. The van der Waals surface area contributed by atoms with E-state index in [1.54, 1.807) is 6.07 Å². The van der Waals surface area contributed by atoms with E-state index in [-0.39, 0.29) is 13.2 Å². The Morgan fingerprint density at radius 3 is 2.33 bits per heavy atom. The zero-order valence-corrected chi connectivity index (χ0v) is 20.0. The highest BCUT2D eigenvalue weighted by Crippen LogP contribution is 2.38. The summed E-state index contributed by atoms with van der Waals surface area (Å²) in [6.45, 7) is 9.82. The van der Waals surface area contributed by atoms with Gasteiger partial charge in [0.2, 0.25) is 0 Å². The highest BCUT2D eigenvalue weighted by molar-refractivity contribution is 5.90. The number of carboxylic acid groups (broad SMARTS) is 1. The van der Waals surface area contributed by atoms with Gasteiger partial charge in [0, 0.05) is 37.3 Å². The van der Waals surface area contributed by atoms with Gasteiger partial charge in [-0.1, -0.05) is 54.6 Å². The molecule has 0 spiro atoms. The van der Waals surface area contributed by atoms with Gasteiger partial charge in [0.05, 0.1) is 6.61 Å². The SMILES string of the molecule is CC(C)N(CCNC(=O)C1(OCc2ccccc2)c2ccccc2CCN1C(=O)O)C(C)C. The van der Waals surface area contributed by atoms with E-state index in [2.05, 4.69) is 37.9 Å². The summed E-state index contributed by atoms with van der Waals surface area (Å²) in [6, 6.07) is 17.6. The summed E-state index contributed by atoms with van der Waals surface area (Å²) in [4.78, 5) is 29.5. The van der Waals surface area contributed by atoms with Crippen LogP contribution in [-0.4, -0.2) is 58.6 Å². The molecule has 0 saturated heterocycles. The third-order valence-corrected chi connectivity index (χ3v) is 6.18. The lowest BCUT2D eigenvalue weighted by Crippen LogP contribution is -2.62. The van der Waals surface area contributed by atoms with E-state index in [9.17, 15) is 14.7 Å². The normalized spacial score (nSPS) is 18.0. The van der Waals surface area contributed by atoms with Crippen molar-refractivity contribution in [1.82, 2.24) is 15.1 Å². The molecule has 0 aliphatic carbocycles. The molecule has 0 bridgehead atoms. The molecule has 33 heavy (non-hydrogen) atoms. The lowest BCUT2D eigenvalue weighted by molar-refractivity contribution is -0.185. The number of carbonyl (C=O) groups excluding carboxylic acids is 1. The number of rotatable bonds is 9. The molecule has 0 saturated carbocycles. The zero-order valence-electron chi connectivity index (χ0n) is 20.0. The Morgan fingerprint density at radius 2 is 1.70 bits per heavy atom. The van der Waals surface area contributed by atoms with E-state index in [1.165, 1.54) is 0 Å².